The van der Waals surface area contributed by atoms with Gasteiger partial charge in [-0.05, 0) is 55.7 Å². The summed E-state index contributed by atoms with van der Waals surface area (Å²) in [5, 5.41) is 4.04. The van der Waals surface area contributed by atoms with Gasteiger partial charge in [-0.25, -0.2) is 4.39 Å². The molecule has 1 fully saturated rings. The smallest absolute Gasteiger partial charge is 0.129 e. The summed E-state index contributed by atoms with van der Waals surface area (Å²) in [6, 6.07) is 5.20. The van der Waals surface area contributed by atoms with Gasteiger partial charge in [0, 0.05) is 16.6 Å². The highest BCUT2D eigenvalue weighted by Gasteiger charge is 2.31. The molecule has 1 aromatic rings. The molecule has 0 radical (unpaired) electrons. The molecule has 1 aliphatic carbocycles. The average Bonchev–Trinajstić information content (AvgIpc) is 2.44. The predicted molar refractivity (Wildman–Crippen MR) is 88.1 cm³/mol. The lowest BCUT2D eigenvalue weighted by atomic mass is 9.72. The van der Waals surface area contributed by atoms with E-state index in [-0.39, 0.29) is 11.9 Å². The summed E-state index contributed by atoms with van der Waals surface area (Å²) in [6.07, 6.45) is 4.65. The maximum atomic E-state index is 14.3. The van der Waals surface area contributed by atoms with Crippen LogP contribution < -0.4 is 5.32 Å². The van der Waals surface area contributed by atoms with Crippen LogP contribution in [0.1, 0.15) is 58.1 Å². The highest BCUT2D eigenvalue weighted by Crippen LogP contribution is 2.40. The van der Waals surface area contributed by atoms with E-state index in [4.69, 9.17) is 11.6 Å². The van der Waals surface area contributed by atoms with Gasteiger partial charge in [-0.3, -0.25) is 0 Å². The predicted octanol–water partition coefficient (Wildman–Crippen LogP) is 5.59. The minimum atomic E-state index is -0.178. The van der Waals surface area contributed by atoms with E-state index in [9.17, 15) is 4.39 Å². The van der Waals surface area contributed by atoms with Crippen molar-refractivity contribution in [2.45, 2.75) is 52.5 Å². The van der Waals surface area contributed by atoms with Crippen molar-refractivity contribution in [3.63, 3.8) is 0 Å². The molecule has 0 amide bonds. The number of nitrogens with one attached hydrogen (secondary N) is 1. The minimum absolute atomic E-state index is 0.108. The summed E-state index contributed by atoms with van der Waals surface area (Å²) in [7, 11) is 0. The molecule has 0 saturated heterocycles. The molecular formula is C18H27ClFN. The first-order chi connectivity index (χ1) is 10.0. The molecule has 1 saturated carbocycles. The Hall–Kier alpha value is -0.600. The van der Waals surface area contributed by atoms with E-state index in [0.717, 1.165) is 24.4 Å². The van der Waals surface area contributed by atoms with Gasteiger partial charge in [-0.1, -0.05) is 44.9 Å². The van der Waals surface area contributed by atoms with Crippen molar-refractivity contribution in [2.24, 2.45) is 17.8 Å². The zero-order valence-electron chi connectivity index (χ0n) is 13.3. The van der Waals surface area contributed by atoms with Gasteiger partial charge in [0.25, 0.3) is 0 Å². The fraction of sp³-hybridized carbons (Fsp3) is 0.667. The Morgan fingerprint density at radius 1 is 1.29 bits per heavy atom. The molecule has 0 aliphatic heterocycles. The molecule has 0 spiro atoms. The lowest BCUT2D eigenvalue weighted by molar-refractivity contribution is 0.169. The Balaban J connectivity index is 2.21. The van der Waals surface area contributed by atoms with Crippen molar-refractivity contribution in [1.29, 1.82) is 0 Å². The Kier molecular flexibility index (Phi) is 6.07. The largest absolute Gasteiger partial charge is 0.310 e. The minimum Gasteiger partial charge on any atom is -0.310 e. The first-order valence-electron chi connectivity index (χ1n) is 8.21. The first kappa shape index (κ1) is 16.8. The molecule has 1 nitrogen and oxygen atoms in total. The molecule has 2 rings (SSSR count). The lowest BCUT2D eigenvalue weighted by Gasteiger charge is -2.37. The lowest BCUT2D eigenvalue weighted by Crippen LogP contribution is -2.34. The van der Waals surface area contributed by atoms with Crippen LogP contribution in [0.25, 0.3) is 0 Å². The zero-order valence-corrected chi connectivity index (χ0v) is 14.1. The van der Waals surface area contributed by atoms with Gasteiger partial charge >= 0.3 is 0 Å². The van der Waals surface area contributed by atoms with Crippen molar-refractivity contribution in [2.75, 3.05) is 6.54 Å². The fourth-order valence-corrected chi connectivity index (χ4v) is 3.63. The van der Waals surface area contributed by atoms with E-state index < -0.39 is 0 Å². The SMILES string of the molecule is CCCNC(c1ccc(Cl)cc1F)C1CCC(C)C(C)C1. The van der Waals surface area contributed by atoms with Gasteiger partial charge in [0.15, 0.2) is 0 Å². The van der Waals surface area contributed by atoms with Crippen LogP contribution >= 0.6 is 11.6 Å². The average molecular weight is 312 g/mol. The normalized spacial score (nSPS) is 27.6. The number of benzene rings is 1. The van der Waals surface area contributed by atoms with Crippen molar-refractivity contribution in [3.05, 3.63) is 34.6 Å². The third-order valence-corrected chi connectivity index (χ3v) is 5.26. The summed E-state index contributed by atoms with van der Waals surface area (Å²) in [5.74, 6) is 1.83. The molecule has 4 atom stereocenters. The maximum absolute atomic E-state index is 14.3. The van der Waals surface area contributed by atoms with E-state index in [2.05, 4.69) is 26.1 Å². The van der Waals surface area contributed by atoms with Crippen LogP contribution in [0.3, 0.4) is 0 Å². The summed E-state index contributed by atoms with van der Waals surface area (Å²) in [4.78, 5) is 0. The van der Waals surface area contributed by atoms with E-state index in [1.54, 1.807) is 6.07 Å². The molecule has 3 heteroatoms. The van der Waals surface area contributed by atoms with E-state index in [0.29, 0.717) is 16.9 Å². The number of rotatable bonds is 5. The Bertz CT molecular complexity index is 463. The van der Waals surface area contributed by atoms with Crippen molar-refractivity contribution in [3.8, 4) is 0 Å². The molecule has 1 N–H and O–H groups in total. The quantitative estimate of drug-likeness (QED) is 0.747. The van der Waals surface area contributed by atoms with Gasteiger partial charge in [0.2, 0.25) is 0 Å². The molecule has 4 unspecified atom stereocenters. The number of halogens is 2. The second-order valence-electron chi connectivity index (χ2n) is 6.63. The summed E-state index contributed by atoms with van der Waals surface area (Å²) < 4.78 is 14.3. The molecule has 0 bridgehead atoms. The van der Waals surface area contributed by atoms with Crippen LogP contribution in [-0.4, -0.2) is 6.54 Å². The third-order valence-electron chi connectivity index (χ3n) is 5.02. The van der Waals surface area contributed by atoms with E-state index in [1.807, 2.05) is 6.07 Å². The second kappa shape index (κ2) is 7.60. The van der Waals surface area contributed by atoms with Gasteiger partial charge in [0.05, 0.1) is 0 Å². The van der Waals surface area contributed by atoms with E-state index in [1.165, 1.54) is 25.3 Å². The Labute approximate surface area is 133 Å². The molecule has 118 valence electrons. The van der Waals surface area contributed by atoms with Gasteiger partial charge in [0.1, 0.15) is 5.82 Å². The van der Waals surface area contributed by atoms with Crippen LogP contribution in [0.2, 0.25) is 5.02 Å². The Morgan fingerprint density at radius 3 is 2.67 bits per heavy atom. The summed E-state index contributed by atoms with van der Waals surface area (Å²) >= 11 is 5.89. The molecular weight excluding hydrogens is 285 g/mol. The van der Waals surface area contributed by atoms with E-state index >= 15 is 0 Å². The van der Waals surface area contributed by atoms with Crippen molar-refractivity contribution >= 4 is 11.6 Å². The zero-order chi connectivity index (χ0) is 15.4. The fourth-order valence-electron chi connectivity index (χ4n) is 3.48. The molecule has 1 aliphatic rings. The second-order valence-corrected chi connectivity index (χ2v) is 7.06. The van der Waals surface area contributed by atoms with Gasteiger partial charge < -0.3 is 5.32 Å². The van der Waals surface area contributed by atoms with Crippen LogP contribution in [0.5, 0.6) is 0 Å². The summed E-state index contributed by atoms with van der Waals surface area (Å²) in [5.41, 5.74) is 0.777. The molecule has 21 heavy (non-hydrogen) atoms. The highest BCUT2D eigenvalue weighted by atomic mass is 35.5. The van der Waals surface area contributed by atoms with Gasteiger partial charge in [-0.2, -0.15) is 0 Å². The number of hydrogen-bond acceptors (Lipinski definition) is 1. The van der Waals surface area contributed by atoms with Crippen LogP contribution in [-0.2, 0) is 0 Å². The molecule has 1 aromatic carbocycles. The van der Waals surface area contributed by atoms with Crippen molar-refractivity contribution < 1.29 is 4.39 Å². The topological polar surface area (TPSA) is 12.0 Å². The van der Waals surface area contributed by atoms with Crippen LogP contribution in [0.15, 0.2) is 18.2 Å². The highest BCUT2D eigenvalue weighted by molar-refractivity contribution is 6.30. The van der Waals surface area contributed by atoms with Crippen molar-refractivity contribution in [1.82, 2.24) is 5.32 Å². The third kappa shape index (κ3) is 4.20. The monoisotopic (exact) mass is 311 g/mol. The maximum Gasteiger partial charge on any atom is 0.129 e. The summed E-state index contributed by atoms with van der Waals surface area (Å²) in [6.45, 7) is 7.73. The molecule has 0 heterocycles. The molecule has 0 aromatic heterocycles. The first-order valence-corrected chi connectivity index (χ1v) is 8.59. The van der Waals surface area contributed by atoms with Crippen LogP contribution in [0.4, 0.5) is 4.39 Å². The van der Waals surface area contributed by atoms with Crippen LogP contribution in [0, 0.1) is 23.6 Å². The van der Waals surface area contributed by atoms with Gasteiger partial charge in [-0.15, -0.1) is 0 Å². The standard InChI is InChI=1S/C18H27ClFN/c1-4-9-21-18(14-6-5-12(2)13(3)10-14)16-8-7-15(19)11-17(16)20/h7-8,11-14,18,21H,4-6,9-10H2,1-3H3. The number of hydrogen-bond donors (Lipinski definition) is 1. The Morgan fingerprint density at radius 2 is 2.05 bits per heavy atom.